The van der Waals surface area contributed by atoms with Gasteiger partial charge in [0.25, 0.3) is 15.7 Å². The SMILES string of the molecule is O=[N+]([O-])c1ccc(S(=O)(=O)n2ccc3ccccc32)cc1. The van der Waals surface area contributed by atoms with Crippen LogP contribution < -0.4 is 0 Å². The summed E-state index contributed by atoms with van der Waals surface area (Å²) >= 11 is 0. The zero-order chi connectivity index (χ0) is 15.0. The molecule has 1 heterocycles. The molecule has 3 rings (SSSR count). The maximum absolute atomic E-state index is 12.6. The largest absolute Gasteiger partial charge is 0.269 e. The van der Waals surface area contributed by atoms with Gasteiger partial charge in [-0.25, -0.2) is 12.4 Å². The van der Waals surface area contributed by atoms with Crippen molar-refractivity contribution in [3.05, 3.63) is 70.9 Å². The Morgan fingerprint density at radius 3 is 2.29 bits per heavy atom. The second-order valence-corrected chi connectivity index (χ2v) is 6.24. The first-order valence-electron chi connectivity index (χ1n) is 6.06. The molecule has 0 aliphatic heterocycles. The molecule has 0 radical (unpaired) electrons. The molecular weight excluding hydrogens is 292 g/mol. The van der Waals surface area contributed by atoms with Crippen molar-refractivity contribution in [2.75, 3.05) is 0 Å². The van der Waals surface area contributed by atoms with E-state index < -0.39 is 14.9 Å². The highest BCUT2D eigenvalue weighted by atomic mass is 32.2. The number of non-ortho nitro benzene ring substituents is 1. The fourth-order valence-electron chi connectivity index (χ4n) is 2.12. The molecule has 0 bridgehead atoms. The lowest BCUT2D eigenvalue weighted by Gasteiger charge is -2.07. The molecular formula is C14H10N2O4S. The standard InChI is InChI=1S/C14H10N2O4S/c17-16(18)12-5-7-13(8-6-12)21(19,20)15-10-9-11-3-1-2-4-14(11)15/h1-10H. The monoisotopic (exact) mass is 302 g/mol. The van der Waals surface area contributed by atoms with Crippen LogP contribution in [0.5, 0.6) is 0 Å². The summed E-state index contributed by atoms with van der Waals surface area (Å²) in [6.07, 6.45) is 1.47. The molecule has 106 valence electrons. The summed E-state index contributed by atoms with van der Waals surface area (Å²) in [4.78, 5) is 10.1. The van der Waals surface area contributed by atoms with Crippen LogP contribution in [0.3, 0.4) is 0 Å². The predicted molar refractivity (Wildman–Crippen MR) is 77.6 cm³/mol. The Morgan fingerprint density at radius 2 is 1.62 bits per heavy atom. The molecule has 0 N–H and O–H groups in total. The number of hydrogen-bond acceptors (Lipinski definition) is 4. The fraction of sp³-hybridized carbons (Fsp3) is 0. The van der Waals surface area contributed by atoms with Gasteiger partial charge in [0, 0.05) is 23.7 Å². The van der Waals surface area contributed by atoms with E-state index in [1.807, 2.05) is 12.1 Å². The third kappa shape index (κ3) is 2.17. The Morgan fingerprint density at radius 1 is 0.952 bits per heavy atom. The number of para-hydroxylation sites is 1. The second kappa shape index (κ2) is 4.71. The average Bonchev–Trinajstić information content (AvgIpc) is 2.92. The van der Waals surface area contributed by atoms with Crippen LogP contribution in [0.1, 0.15) is 0 Å². The van der Waals surface area contributed by atoms with E-state index >= 15 is 0 Å². The third-order valence-electron chi connectivity index (χ3n) is 3.17. The quantitative estimate of drug-likeness (QED) is 0.550. The first kappa shape index (κ1) is 13.3. The minimum absolute atomic E-state index is 0.00875. The van der Waals surface area contributed by atoms with Gasteiger partial charge in [0.1, 0.15) is 0 Å². The van der Waals surface area contributed by atoms with E-state index in [2.05, 4.69) is 0 Å². The van der Waals surface area contributed by atoms with Crippen molar-refractivity contribution in [1.82, 2.24) is 3.97 Å². The fourth-order valence-corrected chi connectivity index (χ4v) is 3.47. The van der Waals surface area contributed by atoms with E-state index in [0.717, 1.165) is 5.39 Å². The zero-order valence-corrected chi connectivity index (χ0v) is 11.5. The van der Waals surface area contributed by atoms with Gasteiger partial charge >= 0.3 is 0 Å². The summed E-state index contributed by atoms with van der Waals surface area (Å²) in [5, 5.41) is 11.4. The van der Waals surface area contributed by atoms with Crippen LogP contribution in [-0.2, 0) is 10.0 Å². The molecule has 0 atom stereocenters. The smallest absolute Gasteiger partial charge is 0.258 e. The van der Waals surface area contributed by atoms with Crippen molar-refractivity contribution in [3.63, 3.8) is 0 Å². The molecule has 0 fully saturated rings. The number of benzene rings is 2. The molecule has 21 heavy (non-hydrogen) atoms. The number of aromatic nitrogens is 1. The van der Waals surface area contributed by atoms with Gasteiger partial charge in [-0.1, -0.05) is 18.2 Å². The summed E-state index contributed by atoms with van der Waals surface area (Å²) in [6.45, 7) is 0. The molecule has 6 nitrogen and oxygen atoms in total. The van der Waals surface area contributed by atoms with Gasteiger partial charge in [-0.15, -0.1) is 0 Å². The molecule has 0 unspecified atom stereocenters. The summed E-state index contributed by atoms with van der Waals surface area (Å²) in [5.74, 6) is 0. The Hall–Kier alpha value is -2.67. The molecule has 0 aliphatic carbocycles. The second-order valence-electron chi connectivity index (χ2n) is 4.43. The highest BCUT2D eigenvalue weighted by Gasteiger charge is 2.19. The Bertz CT molecular complexity index is 927. The lowest BCUT2D eigenvalue weighted by molar-refractivity contribution is -0.384. The molecule has 1 aromatic heterocycles. The zero-order valence-electron chi connectivity index (χ0n) is 10.7. The van der Waals surface area contributed by atoms with Gasteiger partial charge in [-0.2, -0.15) is 0 Å². The number of nitrogens with zero attached hydrogens (tertiary/aromatic N) is 2. The van der Waals surface area contributed by atoms with Crippen molar-refractivity contribution in [3.8, 4) is 0 Å². The molecule has 0 saturated carbocycles. The lowest BCUT2D eigenvalue weighted by atomic mass is 10.3. The van der Waals surface area contributed by atoms with E-state index in [-0.39, 0.29) is 10.6 Å². The Balaban J connectivity index is 2.14. The molecule has 7 heteroatoms. The minimum Gasteiger partial charge on any atom is -0.258 e. The number of nitro benzene ring substituents is 1. The molecule has 0 aliphatic rings. The van der Waals surface area contributed by atoms with Gasteiger partial charge in [0.15, 0.2) is 0 Å². The maximum atomic E-state index is 12.6. The van der Waals surface area contributed by atoms with Crippen LogP contribution in [0.2, 0.25) is 0 Å². The topological polar surface area (TPSA) is 82.2 Å². The van der Waals surface area contributed by atoms with Crippen molar-refractivity contribution in [2.45, 2.75) is 4.90 Å². The van der Waals surface area contributed by atoms with Crippen LogP contribution in [0.15, 0.2) is 65.7 Å². The summed E-state index contributed by atoms with van der Waals surface area (Å²) < 4.78 is 26.3. The van der Waals surface area contributed by atoms with Gasteiger partial charge in [-0.05, 0) is 24.3 Å². The first-order valence-corrected chi connectivity index (χ1v) is 7.50. The lowest BCUT2D eigenvalue weighted by Crippen LogP contribution is -2.11. The van der Waals surface area contributed by atoms with Crippen molar-refractivity contribution in [1.29, 1.82) is 0 Å². The van der Waals surface area contributed by atoms with E-state index in [9.17, 15) is 18.5 Å². The Kier molecular flexibility index (Phi) is 2.99. The summed E-state index contributed by atoms with van der Waals surface area (Å²) in [7, 11) is -3.77. The predicted octanol–water partition coefficient (Wildman–Crippen LogP) is 2.79. The van der Waals surface area contributed by atoms with E-state index in [1.165, 1.54) is 34.4 Å². The third-order valence-corrected chi connectivity index (χ3v) is 4.87. The first-order chi connectivity index (χ1) is 10.00. The van der Waals surface area contributed by atoms with Crippen molar-refractivity contribution < 1.29 is 13.3 Å². The normalized spacial score (nSPS) is 11.6. The molecule has 2 aromatic carbocycles. The molecule has 0 spiro atoms. The maximum Gasteiger partial charge on any atom is 0.269 e. The van der Waals surface area contributed by atoms with Gasteiger partial charge < -0.3 is 0 Å². The van der Waals surface area contributed by atoms with E-state index in [4.69, 9.17) is 0 Å². The minimum atomic E-state index is -3.77. The van der Waals surface area contributed by atoms with Crippen LogP contribution in [0, 0.1) is 10.1 Å². The number of nitro groups is 1. The highest BCUT2D eigenvalue weighted by molar-refractivity contribution is 7.90. The van der Waals surface area contributed by atoms with Gasteiger partial charge in [0.2, 0.25) is 0 Å². The molecule has 3 aromatic rings. The summed E-state index contributed by atoms with van der Waals surface area (Å²) in [6, 6.07) is 13.6. The van der Waals surface area contributed by atoms with Crippen LogP contribution in [-0.4, -0.2) is 17.3 Å². The van der Waals surface area contributed by atoms with E-state index in [0.29, 0.717) is 5.52 Å². The summed E-state index contributed by atoms with van der Waals surface area (Å²) in [5.41, 5.74) is 0.419. The molecule has 0 saturated heterocycles. The Labute approximate surface area is 120 Å². The number of fused-ring (bicyclic) bond motifs is 1. The average molecular weight is 302 g/mol. The van der Waals surface area contributed by atoms with Gasteiger partial charge in [0.05, 0.1) is 15.3 Å². The van der Waals surface area contributed by atoms with Crippen molar-refractivity contribution >= 4 is 26.6 Å². The van der Waals surface area contributed by atoms with Crippen molar-refractivity contribution in [2.24, 2.45) is 0 Å². The number of rotatable bonds is 3. The highest BCUT2D eigenvalue weighted by Crippen LogP contribution is 2.23. The van der Waals surface area contributed by atoms with Gasteiger partial charge in [-0.3, -0.25) is 10.1 Å². The van der Waals surface area contributed by atoms with Crippen LogP contribution in [0.4, 0.5) is 5.69 Å². The number of hydrogen-bond donors (Lipinski definition) is 0. The molecule has 0 amide bonds. The van der Waals surface area contributed by atoms with E-state index in [1.54, 1.807) is 18.2 Å². The van der Waals surface area contributed by atoms with Crippen LogP contribution >= 0.6 is 0 Å². The van der Waals surface area contributed by atoms with Crippen LogP contribution in [0.25, 0.3) is 10.9 Å².